The van der Waals surface area contributed by atoms with Crippen molar-refractivity contribution in [2.75, 3.05) is 25.6 Å². The third-order valence-corrected chi connectivity index (χ3v) is 6.24. The topological polar surface area (TPSA) is 119 Å². The molecule has 1 aliphatic carbocycles. The maximum absolute atomic E-state index is 11.8. The van der Waals surface area contributed by atoms with Crippen molar-refractivity contribution in [1.29, 1.82) is 0 Å². The number of rotatable bonds is 13. The molecule has 0 atom stereocenters. The fourth-order valence-electron chi connectivity index (χ4n) is 4.28. The second kappa shape index (κ2) is 11.4. The zero-order valence-corrected chi connectivity index (χ0v) is 20.4. The molecule has 0 spiro atoms. The lowest BCUT2D eigenvalue weighted by Crippen LogP contribution is -2.19. The molecule has 1 amide bonds. The SMILES string of the molecule is CCc1c(CO)cccc1Nc1c(CC(N)=O)cnc2cc(OC)c(OCCCNC3CC3)cc12. The average Bonchev–Trinajstić information content (AvgIpc) is 3.68. The summed E-state index contributed by atoms with van der Waals surface area (Å²) in [5, 5.41) is 17.6. The molecule has 0 bridgehead atoms. The highest BCUT2D eigenvalue weighted by Crippen LogP contribution is 2.38. The number of aliphatic hydroxyl groups excluding tert-OH is 1. The minimum absolute atomic E-state index is 0.0431. The number of ether oxygens (including phenoxy) is 2. The summed E-state index contributed by atoms with van der Waals surface area (Å²) < 4.78 is 11.7. The van der Waals surface area contributed by atoms with Gasteiger partial charge in [-0.1, -0.05) is 19.1 Å². The van der Waals surface area contributed by atoms with Crippen molar-refractivity contribution >= 4 is 28.2 Å². The normalized spacial score (nSPS) is 13.1. The number of fused-ring (bicyclic) bond motifs is 1. The summed E-state index contributed by atoms with van der Waals surface area (Å²) in [6.45, 7) is 3.47. The summed E-state index contributed by atoms with van der Waals surface area (Å²) >= 11 is 0. The van der Waals surface area contributed by atoms with Crippen LogP contribution in [0.25, 0.3) is 10.9 Å². The van der Waals surface area contributed by atoms with Gasteiger partial charge in [-0.05, 0) is 55.5 Å². The Labute approximate surface area is 205 Å². The number of primary amides is 1. The van der Waals surface area contributed by atoms with E-state index >= 15 is 0 Å². The van der Waals surface area contributed by atoms with E-state index in [4.69, 9.17) is 15.2 Å². The Bertz CT molecular complexity index is 1190. The summed E-state index contributed by atoms with van der Waals surface area (Å²) in [6, 6.07) is 10.2. The number of methoxy groups -OCH3 is 1. The molecule has 2 aromatic carbocycles. The van der Waals surface area contributed by atoms with E-state index < -0.39 is 5.91 Å². The van der Waals surface area contributed by atoms with Crippen LogP contribution in [0.1, 0.15) is 42.9 Å². The second-order valence-corrected chi connectivity index (χ2v) is 8.83. The van der Waals surface area contributed by atoms with E-state index in [0.29, 0.717) is 35.2 Å². The van der Waals surface area contributed by atoms with Gasteiger partial charge in [-0.25, -0.2) is 0 Å². The highest BCUT2D eigenvalue weighted by Gasteiger charge is 2.20. The first kappa shape index (κ1) is 24.8. The zero-order chi connectivity index (χ0) is 24.8. The van der Waals surface area contributed by atoms with Crippen LogP contribution in [0.4, 0.5) is 11.4 Å². The average molecular weight is 479 g/mol. The van der Waals surface area contributed by atoms with Crippen molar-refractivity contribution in [3.05, 3.63) is 53.2 Å². The first-order chi connectivity index (χ1) is 17.0. The minimum Gasteiger partial charge on any atom is -0.493 e. The van der Waals surface area contributed by atoms with E-state index in [0.717, 1.165) is 47.3 Å². The fraction of sp³-hybridized carbons (Fsp3) is 0.407. The number of nitrogens with two attached hydrogens (primary N) is 1. The van der Waals surface area contributed by atoms with Gasteiger partial charge in [0.15, 0.2) is 11.5 Å². The van der Waals surface area contributed by atoms with Gasteiger partial charge in [-0.15, -0.1) is 0 Å². The largest absolute Gasteiger partial charge is 0.493 e. The predicted molar refractivity (Wildman–Crippen MR) is 137 cm³/mol. The van der Waals surface area contributed by atoms with Crippen LogP contribution in [0.15, 0.2) is 36.5 Å². The number of aliphatic hydroxyl groups is 1. The molecule has 0 unspecified atom stereocenters. The molecule has 35 heavy (non-hydrogen) atoms. The number of amides is 1. The van der Waals surface area contributed by atoms with Gasteiger partial charge in [-0.2, -0.15) is 0 Å². The monoisotopic (exact) mass is 478 g/mol. The molecule has 1 heterocycles. The summed E-state index contributed by atoms with van der Waals surface area (Å²) in [5.74, 6) is 0.778. The summed E-state index contributed by atoms with van der Waals surface area (Å²) in [6.07, 6.45) is 5.86. The maximum Gasteiger partial charge on any atom is 0.221 e. The van der Waals surface area contributed by atoms with Crippen LogP contribution >= 0.6 is 0 Å². The van der Waals surface area contributed by atoms with E-state index in [9.17, 15) is 9.90 Å². The molecule has 0 saturated heterocycles. The van der Waals surface area contributed by atoms with Gasteiger partial charge in [0.1, 0.15) is 0 Å². The lowest BCUT2D eigenvalue weighted by atomic mass is 10.0. The van der Waals surface area contributed by atoms with Crippen molar-refractivity contribution < 1.29 is 19.4 Å². The minimum atomic E-state index is -0.442. The van der Waals surface area contributed by atoms with Gasteiger partial charge >= 0.3 is 0 Å². The number of hydrogen-bond donors (Lipinski definition) is 4. The third kappa shape index (κ3) is 6.01. The first-order valence-corrected chi connectivity index (χ1v) is 12.2. The summed E-state index contributed by atoms with van der Waals surface area (Å²) in [7, 11) is 1.61. The van der Waals surface area contributed by atoms with Crippen molar-refractivity contribution in [3.8, 4) is 11.5 Å². The van der Waals surface area contributed by atoms with Crippen molar-refractivity contribution in [3.63, 3.8) is 0 Å². The van der Waals surface area contributed by atoms with Gasteiger partial charge in [0.2, 0.25) is 5.91 Å². The van der Waals surface area contributed by atoms with Gasteiger partial charge in [0.05, 0.1) is 37.9 Å². The highest BCUT2D eigenvalue weighted by atomic mass is 16.5. The van der Waals surface area contributed by atoms with E-state index in [1.165, 1.54) is 12.8 Å². The molecular weight excluding hydrogens is 444 g/mol. The lowest BCUT2D eigenvalue weighted by molar-refractivity contribution is -0.117. The smallest absolute Gasteiger partial charge is 0.221 e. The molecule has 3 aromatic rings. The molecule has 1 saturated carbocycles. The fourth-order valence-corrected chi connectivity index (χ4v) is 4.28. The van der Waals surface area contributed by atoms with Crippen molar-refractivity contribution in [1.82, 2.24) is 10.3 Å². The Balaban J connectivity index is 1.71. The van der Waals surface area contributed by atoms with Gasteiger partial charge in [0.25, 0.3) is 0 Å². The Morgan fingerprint density at radius 2 is 2.06 bits per heavy atom. The van der Waals surface area contributed by atoms with Gasteiger partial charge in [-0.3, -0.25) is 9.78 Å². The van der Waals surface area contributed by atoms with Crippen LogP contribution in [-0.2, 0) is 24.2 Å². The molecular formula is C27H34N4O4. The Hall–Kier alpha value is -3.36. The summed E-state index contributed by atoms with van der Waals surface area (Å²) in [4.78, 5) is 16.4. The van der Waals surface area contributed by atoms with Crippen LogP contribution in [0, 0.1) is 0 Å². The number of hydrogen-bond acceptors (Lipinski definition) is 7. The molecule has 1 aliphatic rings. The van der Waals surface area contributed by atoms with E-state index in [1.807, 2.05) is 37.3 Å². The Morgan fingerprint density at radius 3 is 2.74 bits per heavy atom. The molecule has 5 N–H and O–H groups in total. The number of carbonyl (C=O) groups is 1. The van der Waals surface area contributed by atoms with Crippen molar-refractivity contribution in [2.45, 2.75) is 51.7 Å². The van der Waals surface area contributed by atoms with Crippen LogP contribution < -0.4 is 25.8 Å². The van der Waals surface area contributed by atoms with Crippen LogP contribution in [-0.4, -0.2) is 42.3 Å². The van der Waals surface area contributed by atoms with Crippen LogP contribution in [0.2, 0.25) is 0 Å². The third-order valence-electron chi connectivity index (χ3n) is 6.24. The summed E-state index contributed by atoms with van der Waals surface area (Å²) in [5.41, 5.74) is 10.4. The van der Waals surface area contributed by atoms with Gasteiger partial charge < -0.3 is 30.9 Å². The molecule has 1 fully saturated rings. The molecule has 1 aromatic heterocycles. The number of pyridine rings is 1. The Kier molecular flexibility index (Phi) is 8.05. The molecule has 8 heteroatoms. The number of benzene rings is 2. The number of nitrogens with one attached hydrogen (secondary N) is 2. The van der Waals surface area contributed by atoms with Gasteiger partial charge in [0, 0.05) is 34.9 Å². The Morgan fingerprint density at radius 1 is 1.23 bits per heavy atom. The van der Waals surface area contributed by atoms with Crippen molar-refractivity contribution in [2.24, 2.45) is 5.73 Å². The number of anilines is 2. The number of nitrogens with zero attached hydrogens (tertiary/aromatic N) is 1. The molecule has 8 nitrogen and oxygen atoms in total. The molecule has 0 aliphatic heterocycles. The highest BCUT2D eigenvalue weighted by molar-refractivity contribution is 5.98. The maximum atomic E-state index is 11.8. The standard InChI is InChI=1S/C27H34N4O4/c1-3-20-17(16-32)6-4-7-22(20)31-27-18(12-26(28)33)15-30-23-14-24(34-2)25(13-21(23)27)35-11-5-10-29-19-8-9-19/h4,6-7,13-15,19,29,32H,3,5,8-12,16H2,1-2H3,(H2,28,33)(H,30,31). The van der Waals surface area contributed by atoms with E-state index in [-0.39, 0.29) is 13.0 Å². The number of aromatic nitrogens is 1. The quantitative estimate of drug-likeness (QED) is 0.277. The number of carbonyl (C=O) groups excluding carboxylic acids is 1. The van der Waals surface area contributed by atoms with E-state index in [2.05, 4.69) is 15.6 Å². The first-order valence-electron chi connectivity index (χ1n) is 12.2. The van der Waals surface area contributed by atoms with E-state index in [1.54, 1.807) is 13.3 Å². The molecule has 4 rings (SSSR count). The predicted octanol–water partition coefficient (Wildman–Crippen LogP) is 3.59. The second-order valence-electron chi connectivity index (χ2n) is 8.83. The zero-order valence-electron chi connectivity index (χ0n) is 20.4. The molecule has 186 valence electrons. The van der Waals surface area contributed by atoms with Crippen LogP contribution in [0.5, 0.6) is 11.5 Å². The van der Waals surface area contributed by atoms with Crippen LogP contribution in [0.3, 0.4) is 0 Å². The lowest BCUT2D eigenvalue weighted by Gasteiger charge is -2.19. The molecule has 0 radical (unpaired) electrons.